The van der Waals surface area contributed by atoms with Crippen LogP contribution in [0.1, 0.15) is 12.8 Å². The minimum absolute atomic E-state index is 0.0103. The predicted molar refractivity (Wildman–Crippen MR) is 86.9 cm³/mol. The van der Waals surface area contributed by atoms with Crippen molar-refractivity contribution in [1.82, 2.24) is 0 Å². The smallest absolute Gasteiger partial charge is 0.335 e. The zero-order chi connectivity index (χ0) is 17.9. The van der Waals surface area contributed by atoms with Crippen LogP contribution in [0.4, 0.5) is 0 Å². The van der Waals surface area contributed by atoms with Gasteiger partial charge in [-0.25, -0.2) is 9.59 Å². The van der Waals surface area contributed by atoms with Gasteiger partial charge in [-0.15, -0.1) is 23.2 Å². The van der Waals surface area contributed by atoms with Gasteiger partial charge in [0.25, 0.3) is 0 Å². The molecule has 0 amide bonds. The first kappa shape index (κ1) is 18.3. The lowest BCUT2D eigenvalue weighted by Gasteiger charge is -2.46. The summed E-state index contributed by atoms with van der Waals surface area (Å²) in [5.41, 5.74) is -0.848. The summed E-state index contributed by atoms with van der Waals surface area (Å²) >= 11 is 25.5. The fourth-order valence-electron chi connectivity index (χ4n) is 3.02. The molecule has 0 saturated carbocycles. The van der Waals surface area contributed by atoms with Gasteiger partial charge in [0, 0.05) is 12.8 Å². The summed E-state index contributed by atoms with van der Waals surface area (Å²) in [5, 5.41) is 18.4. The number of halogens is 4. The van der Waals surface area contributed by atoms with E-state index in [1.54, 1.807) is 0 Å². The molecule has 10 heteroatoms. The highest BCUT2D eigenvalue weighted by molar-refractivity contribution is 6.51. The van der Waals surface area contributed by atoms with Crippen LogP contribution in [-0.2, 0) is 19.1 Å². The quantitative estimate of drug-likeness (QED) is 0.509. The van der Waals surface area contributed by atoms with Crippen molar-refractivity contribution in [2.45, 2.75) is 34.8 Å². The molecule has 4 unspecified atom stereocenters. The van der Waals surface area contributed by atoms with Crippen molar-refractivity contribution in [3.63, 3.8) is 0 Å². The van der Waals surface area contributed by atoms with Crippen LogP contribution < -0.4 is 0 Å². The standard InChI is InChI=1S/C14H12Cl4O6/c15-9-7(11(19)20)13(17,1-5-3-23-5)14(18,2-6-4-24-6)8(10(9)16)12(21)22/h5-6H,1-4H2,(H,19,20)(H,21,22). The summed E-state index contributed by atoms with van der Waals surface area (Å²) < 4.78 is 10.3. The maximum Gasteiger partial charge on any atom is 0.335 e. The molecule has 3 aliphatic rings. The lowest BCUT2D eigenvalue weighted by atomic mass is 9.71. The molecule has 2 aliphatic heterocycles. The van der Waals surface area contributed by atoms with E-state index < -0.39 is 42.9 Å². The zero-order valence-corrected chi connectivity index (χ0v) is 15.0. The van der Waals surface area contributed by atoms with Crippen LogP contribution in [0.15, 0.2) is 21.2 Å². The zero-order valence-electron chi connectivity index (χ0n) is 12.0. The van der Waals surface area contributed by atoms with Gasteiger partial charge >= 0.3 is 11.9 Å². The predicted octanol–water partition coefficient (Wildman–Crippen LogP) is 2.69. The Balaban J connectivity index is 2.23. The summed E-state index contributed by atoms with van der Waals surface area (Å²) in [4.78, 5) is 20.0. The number of aliphatic carboxylic acids is 2. The first-order valence-corrected chi connectivity index (χ1v) is 8.51. The van der Waals surface area contributed by atoms with Gasteiger partial charge in [0.05, 0.1) is 46.6 Å². The van der Waals surface area contributed by atoms with E-state index in [0.29, 0.717) is 13.2 Å². The SMILES string of the molecule is O=C(O)C1=C(Cl)C(Cl)=C(C(=O)O)C(Cl)(CC2CO2)C1(Cl)CC1CO1. The largest absolute Gasteiger partial charge is 0.478 e. The van der Waals surface area contributed by atoms with Crippen molar-refractivity contribution in [3.8, 4) is 0 Å². The first-order valence-electron chi connectivity index (χ1n) is 7.00. The summed E-state index contributed by atoms with van der Waals surface area (Å²) in [6.45, 7) is 0.761. The number of epoxide rings is 2. The van der Waals surface area contributed by atoms with E-state index in [2.05, 4.69) is 0 Å². The molecule has 24 heavy (non-hydrogen) atoms. The van der Waals surface area contributed by atoms with Crippen molar-refractivity contribution in [1.29, 1.82) is 0 Å². The molecular formula is C14H12Cl4O6. The lowest BCUT2D eigenvalue weighted by Crippen LogP contribution is -2.55. The third-order valence-corrected chi connectivity index (χ3v) is 6.58. The number of carbonyl (C=O) groups is 2. The highest BCUT2D eigenvalue weighted by atomic mass is 35.5. The van der Waals surface area contributed by atoms with Gasteiger partial charge in [-0.1, -0.05) is 23.2 Å². The molecule has 2 N–H and O–H groups in total. The molecule has 2 heterocycles. The van der Waals surface area contributed by atoms with Crippen LogP contribution >= 0.6 is 46.4 Å². The minimum Gasteiger partial charge on any atom is -0.478 e. The van der Waals surface area contributed by atoms with Crippen molar-refractivity contribution < 1.29 is 29.3 Å². The number of carboxylic acid groups (broad SMARTS) is 2. The Labute approximate surface area is 156 Å². The van der Waals surface area contributed by atoms with Crippen LogP contribution in [-0.4, -0.2) is 57.3 Å². The molecular weight excluding hydrogens is 406 g/mol. The molecule has 132 valence electrons. The molecule has 0 bridgehead atoms. The van der Waals surface area contributed by atoms with Crippen molar-refractivity contribution in [2.75, 3.05) is 13.2 Å². The van der Waals surface area contributed by atoms with Gasteiger partial charge in [-0.05, 0) is 0 Å². The Morgan fingerprint density at radius 1 is 0.917 bits per heavy atom. The first-order chi connectivity index (χ1) is 11.1. The Kier molecular flexibility index (Phi) is 4.60. The summed E-state index contributed by atoms with van der Waals surface area (Å²) in [5.74, 6) is -2.83. The van der Waals surface area contributed by atoms with Crippen LogP contribution in [0.3, 0.4) is 0 Å². The summed E-state index contributed by atoms with van der Waals surface area (Å²) in [7, 11) is 0. The van der Waals surface area contributed by atoms with Gasteiger partial charge in [0.2, 0.25) is 0 Å². The summed E-state index contributed by atoms with van der Waals surface area (Å²) in [6, 6.07) is 0. The molecule has 2 saturated heterocycles. The average molecular weight is 418 g/mol. The molecule has 0 aromatic carbocycles. The maximum atomic E-state index is 11.8. The molecule has 0 aromatic rings. The second-order valence-electron chi connectivity index (χ2n) is 5.91. The Morgan fingerprint density at radius 3 is 1.42 bits per heavy atom. The van der Waals surface area contributed by atoms with E-state index in [9.17, 15) is 19.8 Å². The van der Waals surface area contributed by atoms with Crippen LogP contribution in [0, 0.1) is 0 Å². The molecule has 1 aliphatic carbocycles. The van der Waals surface area contributed by atoms with E-state index in [0.717, 1.165) is 0 Å². The number of ether oxygens (including phenoxy) is 2. The van der Waals surface area contributed by atoms with Crippen molar-refractivity contribution >= 4 is 58.3 Å². The fraction of sp³-hybridized carbons (Fsp3) is 0.571. The third kappa shape index (κ3) is 2.83. The van der Waals surface area contributed by atoms with Gasteiger partial charge in [0.1, 0.15) is 9.75 Å². The molecule has 0 radical (unpaired) electrons. The second kappa shape index (κ2) is 6.04. The molecule has 0 aromatic heterocycles. The van der Waals surface area contributed by atoms with E-state index in [1.165, 1.54) is 0 Å². The molecule has 3 rings (SSSR count). The third-order valence-electron chi connectivity index (χ3n) is 4.30. The topological polar surface area (TPSA) is 99.7 Å². The normalized spacial score (nSPS) is 38.3. The molecule has 4 atom stereocenters. The number of hydrogen-bond donors (Lipinski definition) is 2. The monoisotopic (exact) mass is 416 g/mol. The van der Waals surface area contributed by atoms with E-state index in [-0.39, 0.29) is 25.0 Å². The fourth-order valence-corrected chi connectivity index (χ4v) is 4.83. The number of hydrogen-bond acceptors (Lipinski definition) is 4. The molecule has 6 nitrogen and oxygen atoms in total. The molecule has 0 spiro atoms. The Bertz CT molecular complexity index is 623. The van der Waals surface area contributed by atoms with Crippen molar-refractivity contribution in [3.05, 3.63) is 21.2 Å². The highest BCUT2D eigenvalue weighted by Gasteiger charge is 2.64. The molecule has 2 fully saturated rings. The van der Waals surface area contributed by atoms with E-state index >= 15 is 0 Å². The number of rotatable bonds is 6. The van der Waals surface area contributed by atoms with Crippen molar-refractivity contribution in [2.24, 2.45) is 0 Å². The average Bonchev–Trinajstić information content (AvgIpc) is 3.33. The number of alkyl halides is 2. The Hall–Kier alpha value is -0.500. The number of carboxylic acids is 2. The van der Waals surface area contributed by atoms with Gasteiger partial charge in [-0.3, -0.25) is 0 Å². The summed E-state index contributed by atoms with van der Waals surface area (Å²) in [6.07, 6.45) is -0.675. The van der Waals surface area contributed by atoms with Crippen LogP contribution in [0.25, 0.3) is 0 Å². The van der Waals surface area contributed by atoms with Gasteiger partial charge in [0.15, 0.2) is 0 Å². The van der Waals surface area contributed by atoms with Gasteiger partial charge in [-0.2, -0.15) is 0 Å². The minimum atomic E-state index is -1.81. The number of allylic oxidation sites excluding steroid dienone is 2. The Morgan fingerprint density at radius 2 is 1.21 bits per heavy atom. The van der Waals surface area contributed by atoms with Crippen LogP contribution in [0.5, 0.6) is 0 Å². The van der Waals surface area contributed by atoms with E-state index in [1.807, 2.05) is 0 Å². The highest BCUT2D eigenvalue weighted by Crippen LogP contribution is 2.59. The second-order valence-corrected chi connectivity index (χ2v) is 7.96. The van der Waals surface area contributed by atoms with E-state index in [4.69, 9.17) is 55.9 Å². The lowest BCUT2D eigenvalue weighted by molar-refractivity contribution is -0.135. The maximum absolute atomic E-state index is 11.8. The van der Waals surface area contributed by atoms with Crippen LogP contribution in [0.2, 0.25) is 0 Å². The van der Waals surface area contributed by atoms with Gasteiger partial charge < -0.3 is 19.7 Å².